The molecule has 1 atom stereocenters. The van der Waals surface area contributed by atoms with Gasteiger partial charge in [-0.05, 0) is 33.1 Å². The van der Waals surface area contributed by atoms with Crippen LogP contribution in [0.5, 0.6) is 5.88 Å². The fourth-order valence-corrected chi connectivity index (χ4v) is 4.25. The molecule has 10 heteroatoms. The largest absolute Gasteiger partial charge is 0.471 e. The van der Waals surface area contributed by atoms with Gasteiger partial charge < -0.3 is 13.9 Å². The van der Waals surface area contributed by atoms with Gasteiger partial charge in [0, 0.05) is 31.3 Å². The zero-order chi connectivity index (χ0) is 20.9. The molecule has 1 aliphatic heterocycles. The van der Waals surface area contributed by atoms with Crippen molar-refractivity contribution in [2.45, 2.75) is 64.6 Å². The standard InChI is InChI=1S/C21H23N9O/c1-3-29-18(14-8-22-12(2)23-9-14)26-17-20(29)24-11-25-21(17)31-15-6-7-16-27-28-19(13-4-5-13)30(16)10-15/h8-9,11,13,15H,3-7,10H2,1-2H3. The van der Waals surface area contributed by atoms with E-state index in [1.165, 1.54) is 12.8 Å². The molecule has 5 heterocycles. The van der Waals surface area contributed by atoms with Gasteiger partial charge in [0.1, 0.15) is 35.7 Å². The highest BCUT2D eigenvalue weighted by Gasteiger charge is 2.33. The minimum absolute atomic E-state index is 0.00275. The zero-order valence-corrected chi connectivity index (χ0v) is 17.6. The Bertz CT molecular complexity index is 1260. The van der Waals surface area contributed by atoms with Crippen LogP contribution in [0.1, 0.15) is 49.6 Å². The Balaban J connectivity index is 1.34. The van der Waals surface area contributed by atoms with E-state index in [-0.39, 0.29) is 6.10 Å². The van der Waals surface area contributed by atoms with E-state index in [1.807, 2.05) is 11.5 Å². The Morgan fingerprint density at radius 1 is 1.06 bits per heavy atom. The van der Waals surface area contributed by atoms with Gasteiger partial charge in [-0.3, -0.25) is 0 Å². The SMILES string of the molecule is CCn1c(-c2cnc(C)nc2)nc2c(OC3CCc4nnc(C5CC5)n4C3)ncnc21. The van der Waals surface area contributed by atoms with Crippen molar-refractivity contribution in [2.24, 2.45) is 0 Å². The van der Waals surface area contributed by atoms with Gasteiger partial charge in [0.2, 0.25) is 5.88 Å². The lowest BCUT2D eigenvalue weighted by atomic mass is 10.1. The van der Waals surface area contributed by atoms with Crippen molar-refractivity contribution in [3.05, 3.63) is 36.2 Å². The normalized spacial score (nSPS) is 18.3. The Morgan fingerprint density at radius 3 is 2.68 bits per heavy atom. The second-order valence-electron chi connectivity index (χ2n) is 8.19. The van der Waals surface area contributed by atoms with E-state index in [4.69, 9.17) is 9.72 Å². The van der Waals surface area contributed by atoms with Crippen molar-refractivity contribution >= 4 is 11.2 Å². The van der Waals surface area contributed by atoms with Crippen LogP contribution in [0.25, 0.3) is 22.6 Å². The molecule has 1 fully saturated rings. The highest BCUT2D eigenvalue weighted by atomic mass is 16.5. The van der Waals surface area contributed by atoms with E-state index < -0.39 is 0 Å². The van der Waals surface area contributed by atoms with Crippen LogP contribution in [0.3, 0.4) is 0 Å². The van der Waals surface area contributed by atoms with Gasteiger partial charge in [0.05, 0.1) is 12.1 Å². The number of fused-ring (bicyclic) bond motifs is 2. The molecule has 10 nitrogen and oxygen atoms in total. The third-order valence-corrected chi connectivity index (χ3v) is 6.01. The molecular weight excluding hydrogens is 394 g/mol. The molecule has 0 bridgehead atoms. The number of aryl methyl sites for hydroxylation is 3. The predicted molar refractivity (Wildman–Crippen MR) is 111 cm³/mol. The Morgan fingerprint density at radius 2 is 1.90 bits per heavy atom. The van der Waals surface area contributed by atoms with Crippen molar-refractivity contribution in [3.63, 3.8) is 0 Å². The van der Waals surface area contributed by atoms with E-state index in [0.29, 0.717) is 23.9 Å². The Hall–Kier alpha value is -3.43. The molecule has 1 aliphatic carbocycles. The zero-order valence-electron chi connectivity index (χ0n) is 17.6. The van der Waals surface area contributed by atoms with Crippen molar-refractivity contribution in [1.29, 1.82) is 0 Å². The van der Waals surface area contributed by atoms with E-state index >= 15 is 0 Å². The summed E-state index contributed by atoms with van der Waals surface area (Å²) in [4.78, 5) is 22.4. The Kier molecular flexibility index (Phi) is 4.18. The van der Waals surface area contributed by atoms with Crippen LogP contribution in [-0.2, 0) is 19.5 Å². The fourth-order valence-electron chi connectivity index (χ4n) is 4.25. The van der Waals surface area contributed by atoms with Gasteiger partial charge in [-0.25, -0.2) is 19.9 Å². The Labute approximate surface area is 178 Å². The molecule has 6 rings (SSSR count). The molecule has 4 aromatic rings. The third-order valence-electron chi connectivity index (χ3n) is 6.01. The summed E-state index contributed by atoms with van der Waals surface area (Å²) in [6.45, 7) is 5.39. The molecule has 0 spiro atoms. The van der Waals surface area contributed by atoms with Crippen LogP contribution in [0.15, 0.2) is 18.7 Å². The second kappa shape index (κ2) is 7.07. The van der Waals surface area contributed by atoms with E-state index in [2.05, 4.69) is 41.6 Å². The van der Waals surface area contributed by atoms with Gasteiger partial charge in [-0.2, -0.15) is 4.98 Å². The quantitative estimate of drug-likeness (QED) is 0.487. The first-order valence-electron chi connectivity index (χ1n) is 10.8. The summed E-state index contributed by atoms with van der Waals surface area (Å²) >= 11 is 0. The summed E-state index contributed by atoms with van der Waals surface area (Å²) in [5.41, 5.74) is 2.26. The number of ether oxygens (including phenoxy) is 1. The minimum atomic E-state index is -0.00275. The molecule has 0 radical (unpaired) electrons. The van der Waals surface area contributed by atoms with Gasteiger partial charge in [-0.1, -0.05) is 0 Å². The van der Waals surface area contributed by atoms with Gasteiger partial charge in [-0.15, -0.1) is 10.2 Å². The third kappa shape index (κ3) is 3.13. The number of hydrogen-bond acceptors (Lipinski definition) is 8. The maximum absolute atomic E-state index is 6.38. The summed E-state index contributed by atoms with van der Waals surface area (Å²) in [7, 11) is 0. The summed E-state index contributed by atoms with van der Waals surface area (Å²) in [6, 6.07) is 0. The maximum atomic E-state index is 6.38. The summed E-state index contributed by atoms with van der Waals surface area (Å²) < 4.78 is 10.7. The maximum Gasteiger partial charge on any atom is 0.245 e. The molecule has 2 aliphatic rings. The average molecular weight is 417 g/mol. The number of nitrogens with zero attached hydrogens (tertiary/aromatic N) is 9. The van der Waals surface area contributed by atoms with E-state index in [0.717, 1.165) is 53.9 Å². The van der Waals surface area contributed by atoms with Crippen molar-refractivity contribution < 1.29 is 4.74 Å². The molecule has 158 valence electrons. The van der Waals surface area contributed by atoms with Gasteiger partial charge in [0.25, 0.3) is 0 Å². The lowest BCUT2D eigenvalue weighted by Gasteiger charge is -2.24. The van der Waals surface area contributed by atoms with Crippen LogP contribution in [0, 0.1) is 6.92 Å². The molecule has 1 saturated carbocycles. The fraction of sp³-hybridized carbons (Fsp3) is 0.476. The van der Waals surface area contributed by atoms with Crippen LogP contribution in [-0.4, -0.2) is 50.4 Å². The smallest absolute Gasteiger partial charge is 0.245 e. The average Bonchev–Trinajstić information content (AvgIpc) is 3.43. The highest BCUT2D eigenvalue weighted by Crippen LogP contribution is 2.40. The molecule has 0 amide bonds. The van der Waals surface area contributed by atoms with Crippen LogP contribution < -0.4 is 4.74 Å². The van der Waals surface area contributed by atoms with Crippen molar-refractivity contribution in [2.75, 3.05) is 0 Å². The monoisotopic (exact) mass is 417 g/mol. The molecule has 4 aromatic heterocycles. The highest BCUT2D eigenvalue weighted by molar-refractivity contribution is 5.81. The summed E-state index contributed by atoms with van der Waals surface area (Å²) in [6.07, 6.45) is 9.26. The second-order valence-corrected chi connectivity index (χ2v) is 8.19. The number of aromatic nitrogens is 9. The van der Waals surface area contributed by atoms with Gasteiger partial charge >= 0.3 is 0 Å². The van der Waals surface area contributed by atoms with Crippen molar-refractivity contribution in [1.82, 2.24) is 44.3 Å². The summed E-state index contributed by atoms with van der Waals surface area (Å²) in [5.74, 6) is 4.73. The first-order chi connectivity index (χ1) is 15.2. The topological polar surface area (TPSA) is 109 Å². The summed E-state index contributed by atoms with van der Waals surface area (Å²) in [5, 5.41) is 8.80. The lowest BCUT2D eigenvalue weighted by Crippen LogP contribution is -2.31. The van der Waals surface area contributed by atoms with Crippen LogP contribution in [0.2, 0.25) is 0 Å². The van der Waals surface area contributed by atoms with E-state index in [1.54, 1.807) is 18.7 Å². The molecule has 31 heavy (non-hydrogen) atoms. The molecule has 0 aromatic carbocycles. The van der Waals surface area contributed by atoms with Crippen LogP contribution >= 0.6 is 0 Å². The predicted octanol–water partition coefficient (Wildman–Crippen LogP) is 2.47. The number of hydrogen-bond donors (Lipinski definition) is 0. The molecule has 0 saturated heterocycles. The molecular formula is C21H23N9O. The van der Waals surface area contributed by atoms with Gasteiger partial charge in [0.15, 0.2) is 11.2 Å². The van der Waals surface area contributed by atoms with Crippen molar-refractivity contribution in [3.8, 4) is 17.3 Å². The van der Waals surface area contributed by atoms with Crippen LogP contribution in [0.4, 0.5) is 0 Å². The number of imidazole rings is 1. The molecule has 1 unspecified atom stereocenters. The van der Waals surface area contributed by atoms with E-state index in [9.17, 15) is 0 Å². The first kappa shape index (κ1) is 18.3. The first-order valence-corrected chi connectivity index (χ1v) is 10.8. The molecule has 0 N–H and O–H groups in total. The minimum Gasteiger partial charge on any atom is -0.471 e. The number of rotatable bonds is 5. The lowest BCUT2D eigenvalue weighted by molar-refractivity contribution is 0.149.